The number of hydrogen-bond acceptors (Lipinski definition) is 13. The minimum Gasteiger partial charge on any atom is -0.384 e. The first-order chi connectivity index (χ1) is 30.1. The molecule has 1 atom stereocenters. The zero-order valence-corrected chi connectivity index (χ0v) is 35.8. The number of likely N-dealkylation sites (tertiary alicyclic amines) is 1. The van der Waals surface area contributed by atoms with Crippen LogP contribution in [0, 0.1) is 0 Å². The van der Waals surface area contributed by atoms with Crippen LogP contribution in [0.1, 0.15) is 115 Å². The number of hydrogen-bond donors (Lipinski definition) is 4. The van der Waals surface area contributed by atoms with E-state index in [0.29, 0.717) is 35.4 Å². The van der Waals surface area contributed by atoms with Gasteiger partial charge in [-0.25, -0.2) is 9.97 Å². The molecule has 5 amide bonds. The molecule has 3 aromatic heterocycles. The van der Waals surface area contributed by atoms with E-state index in [4.69, 9.17) is 14.7 Å². The normalized spacial score (nSPS) is 19.1. The van der Waals surface area contributed by atoms with E-state index in [0.717, 1.165) is 99.9 Å². The van der Waals surface area contributed by atoms with E-state index >= 15 is 0 Å². The summed E-state index contributed by atoms with van der Waals surface area (Å²) < 4.78 is 7.64. The molecule has 1 unspecified atom stereocenters. The van der Waals surface area contributed by atoms with E-state index in [-0.39, 0.29) is 48.1 Å². The topological polar surface area (TPSA) is 196 Å². The molecule has 3 fully saturated rings. The molecule has 0 aliphatic carbocycles. The number of fused-ring (bicyclic) bond motifs is 2. The molecule has 4 aliphatic heterocycles. The number of unbranched alkanes of at least 4 members (excludes halogenated alkanes) is 3. The Morgan fingerprint density at radius 3 is 2.47 bits per heavy atom. The summed E-state index contributed by atoms with van der Waals surface area (Å²) in [6, 6.07) is 8.18. The molecule has 3 saturated heterocycles. The maximum atomic E-state index is 13.7. The molecule has 17 heteroatoms. The number of imide groups is 2. The van der Waals surface area contributed by atoms with Gasteiger partial charge in [0.25, 0.3) is 17.7 Å². The van der Waals surface area contributed by atoms with E-state index in [9.17, 15) is 24.0 Å². The van der Waals surface area contributed by atoms with Crippen molar-refractivity contribution in [2.75, 3.05) is 61.9 Å². The number of pyridine rings is 1. The first-order valence-corrected chi connectivity index (χ1v) is 22.1. The molecular formula is C45H57N11O6. The third-order valence-corrected chi connectivity index (χ3v) is 12.6. The first-order valence-electron chi connectivity index (χ1n) is 22.1. The quantitative estimate of drug-likeness (QED) is 0.0867. The number of carbonyl (C=O) groups is 5. The molecule has 1 aromatic carbocycles. The Balaban J connectivity index is 0.767. The Kier molecular flexibility index (Phi) is 13.1. The summed E-state index contributed by atoms with van der Waals surface area (Å²) in [6.07, 6.45) is 13.7. The lowest BCUT2D eigenvalue weighted by molar-refractivity contribution is -0.136. The van der Waals surface area contributed by atoms with Gasteiger partial charge in [-0.05, 0) is 83.5 Å². The fourth-order valence-electron chi connectivity index (χ4n) is 9.08. The highest BCUT2D eigenvalue weighted by Crippen LogP contribution is 2.33. The van der Waals surface area contributed by atoms with Crippen LogP contribution in [0.3, 0.4) is 0 Å². The standard InChI is InChI=1S/C45H57N11O6/c1-28(2)55-27-33(32-26-48-38(25-36(32)55)50-37-13-19-47-45(51-37)54-23-16-30(62-3)17-24-54)41(58)49-29-14-21-53(22-15-29)20-7-5-4-6-18-46-34-10-8-9-31-40(34)44(61)56(43(31)60)35-11-12-39(57)52-42(35)59/h8-10,13,19,25-30,35,46H,4-7,11-12,14-18,20-24H2,1-3H3,(H,49,58)(H,52,57,59)(H,47,48,50,51). The van der Waals surface area contributed by atoms with Crippen molar-refractivity contribution in [3.8, 4) is 0 Å². The van der Waals surface area contributed by atoms with Crippen LogP contribution in [0.15, 0.2) is 48.9 Å². The summed E-state index contributed by atoms with van der Waals surface area (Å²) in [5, 5.41) is 13.1. The van der Waals surface area contributed by atoms with Crippen LogP contribution in [0.2, 0.25) is 0 Å². The van der Waals surface area contributed by atoms with Crippen molar-refractivity contribution in [2.45, 2.75) is 102 Å². The van der Waals surface area contributed by atoms with E-state index in [1.54, 1.807) is 37.7 Å². The molecule has 7 heterocycles. The number of carbonyl (C=O) groups excluding carboxylic acids is 5. The van der Waals surface area contributed by atoms with Gasteiger partial charge in [0.2, 0.25) is 17.8 Å². The van der Waals surface area contributed by atoms with Gasteiger partial charge in [0.1, 0.15) is 17.7 Å². The lowest BCUT2D eigenvalue weighted by Crippen LogP contribution is -2.54. The smallest absolute Gasteiger partial charge is 0.264 e. The molecule has 0 bridgehead atoms. The maximum Gasteiger partial charge on any atom is 0.264 e. The van der Waals surface area contributed by atoms with Crippen LogP contribution < -0.4 is 26.2 Å². The van der Waals surface area contributed by atoms with Crippen LogP contribution in [0.5, 0.6) is 0 Å². The van der Waals surface area contributed by atoms with Gasteiger partial charge in [-0.1, -0.05) is 18.9 Å². The Morgan fingerprint density at radius 2 is 1.71 bits per heavy atom. The SMILES string of the molecule is COC1CCN(c2nccc(Nc3cc4c(cn3)c(C(=O)NC3CCN(CCCCCCNc5cccc6c5C(=O)N(C5CCC(=O)NC5=O)C6=O)CC3)cn4C(C)C)n2)CC1. The average Bonchev–Trinajstić information content (AvgIpc) is 3.78. The third-order valence-electron chi connectivity index (χ3n) is 12.6. The molecule has 4 aromatic rings. The third kappa shape index (κ3) is 9.28. The van der Waals surface area contributed by atoms with Gasteiger partial charge in [-0.3, -0.25) is 34.2 Å². The molecule has 0 saturated carbocycles. The summed E-state index contributed by atoms with van der Waals surface area (Å²) in [7, 11) is 1.76. The van der Waals surface area contributed by atoms with Gasteiger partial charge >= 0.3 is 0 Å². The van der Waals surface area contributed by atoms with Gasteiger partial charge in [-0.15, -0.1) is 0 Å². The molecule has 4 N–H and O–H groups in total. The summed E-state index contributed by atoms with van der Waals surface area (Å²) in [5.41, 5.74) is 2.69. The lowest BCUT2D eigenvalue weighted by atomic mass is 10.0. The summed E-state index contributed by atoms with van der Waals surface area (Å²) in [5.74, 6) is -0.123. The molecule has 17 nitrogen and oxygen atoms in total. The predicted octanol–water partition coefficient (Wildman–Crippen LogP) is 5.03. The van der Waals surface area contributed by atoms with Gasteiger partial charge < -0.3 is 35.1 Å². The highest BCUT2D eigenvalue weighted by Gasteiger charge is 2.45. The fourth-order valence-corrected chi connectivity index (χ4v) is 9.08. The van der Waals surface area contributed by atoms with Crippen molar-refractivity contribution in [1.29, 1.82) is 0 Å². The fraction of sp³-hybridized carbons (Fsp3) is 0.511. The number of methoxy groups -OCH3 is 1. The second kappa shape index (κ2) is 19.0. The van der Waals surface area contributed by atoms with Gasteiger partial charge in [-0.2, -0.15) is 4.98 Å². The Hall–Kier alpha value is -5.94. The number of benzene rings is 1. The molecule has 8 rings (SSSR count). The summed E-state index contributed by atoms with van der Waals surface area (Å²) >= 11 is 0. The largest absolute Gasteiger partial charge is 0.384 e. The van der Waals surface area contributed by atoms with E-state index < -0.39 is 29.7 Å². The maximum absolute atomic E-state index is 13.7. The lowest BCUT2D eigenvalue weighted by Gasteiger charge is -2.32. The van der Waals surface area contributed by atoms with Crippen molar-refractivity contribution in [2.24, 2.45) is 0 Å². The zero-order chi connectivity index (χ0) is 43.3. The number of rotatable bonds is 16. The highest BCUT2D eigenvalue weighted by atomic mass is 16.5. The second-order valence-corrected chi connectivity index (χ2v) is 17.0. The molecule has 0 radical (unpaired) electrons. The minimum atomic E-state index is -0.986. The van der Waals surface area contributed by atoms with Gasteiger partial charge in [0.05, 0.1) is 28.3 Å². The van der Waals surface area contributed by atoms with Crippen molar-refractivity contribution in [1.82, 2.24) is 40.0 Å². The van der Waals surface area contributed by atoms with Crippen LogP contribution >= 0.6 is 0 Å². The first kappa shape index (κ1) is 42.7. The summed E-state index contributed by atoms with van der Waals surface area (Å²) in [6.45, 7) is 9.39. The van der Waals surface area contributed by atoms with Crippen LogP contribution in [-0.4, -0.2) is 123 Å². The monoisotopic (exact) mass is 847 g/mol. The highest BCUT2D eigenvalue weighted by molar-refractivity contribution is 6.25. The number of nitrogens with zero attached hydrogens (tertiary/aromatic N) is 7. The molecule has 62 heavy (non-hydrogen) atoms. The minimum absolute atomic E-state index is 0.0790. The zero-order valence-electron chi connectivity index (χ0n) is 35.8. The van der Waals surface area contributed by atoms with E-state index in [1.807, 2.05) is 18.3 Å². The Bertz CT molecular complexity index is 2310. The number of ether oxygens (including phenoxy) is 1. The van der Waals surface area contributed by atoms with Crippen LogP contribution in [0.4, 0.5) is 23.3 Å². The van der Waals surface area contributed by atoms with Crippen molar-refractivity contribution < 1.29 is 28.7 Å². The Labute approximate surface area is 361 Å². The Morgan fingerprint density at radius 1 is 0.919 bits per heavy atom. The van der Waals surface area contributed by atoms with Crippen LogP contribution in [0.25, 0.3) is 10.9 Å². The number of piperidine rings is 3. The number of nitrogens with one attached hydrogen (secondary N) is 4. The number of amides is 5. The average molecular weight is 848 g/mol. The van der Waals surface area contributed by atoms with Crippen molar-refractivity contribution >= 4 is 63.7 Å². The van der Waals surface area contributed by atoms with Crippen LogP contribution in [-0.2, 0) is 14.3 Å². The summed E-state index contributed by atoms with van der Waals surface area (Å²) in [4.78, 5) is 83.9. The number of aromatic nitrogens is 4. The molecule has 4 aliphatic rings. The molecule has 328 valence electrons. The predicted molar refractivity (Wildman–Crippen MR) is 235 cm³/mol. The van der Waals surface area contributed by atoms with Crippen molar-refractivity contribution in [3.63, 3.8) is 0 Å². The van der Waals surface area contributed by atoms with Crippen molar-refractivity contribution in [3.05, 3.63) is 65.6 Å². The second-order valence-electron chi connectivity index (χ2n) is 17.0. The van der Waals surface area contributed by atoms with Gasteiger partial charge in [0.15, 0.2) is 0 Å². The van der Waals surface area contributed by atoms with E-state index in [1.165, 1.54) is 0 Å². The molecular weight excluding hydrogens is 791 g/mol. The number of anilines is 4. The molecule has 0 spiro atoms. The van der Waals surface area contributed by atoms with E-state index in [2.05, 4.69) is 54.5 Å². The van der Waals surface area contributed by atoms with Gasteiger partial charge in [0, 0.05) is 94.1 Å².